The number of anilines is 2. The number of H-pyrrole nitrogens is 1. The minimum absolute atomic E-state index is 0.00954. The third kappa shape index (κ3) is 4.01. The zero-order valence-electron chi connectivity index (χ0n) is 14.9. The standard InChI is InChI=1S/C20H18N4O4/c1-11-3-2-4-14(9-11)24-20(28)23-13-7-5-12(6-8-13)16-15(19(26)27)10-22-17(16)18(21)25/h2-10,22H,1H3,(H2,21,25)(H,26,27)(H2,23,24,28). The van der Waals surface area contributed by atoms with Crippen molar-refractivity contribution in [1.82, 2.24) is 4.98 Å². The second-order valence-electron chi connectivity index (χ2n) is 6.15. The third-order valence-corrected chi connectivity index (χ3v) is 4.06. The second kappa shape index (κ2) is 7.67. The number of amides is 3. The maximum Gasteiger partial charge on any atom is 0.337 e. The predicted octanol–water partition coefficient (Wildman–Crippen LogP) is 3.43. The zero-order valence-corrected chi connectivity index (χ0v) is 14.9. The van der Waals surface area contributed by atoms with Crippen LogP contribution in [0.5, 0.6) is 0 Å². The van der Waals surface area contributed by atoms with Gasteiger partial charge in [0.1, 0.15) is 5.69 Å². The molecule has 1 heterocycles. The first-order valence-corrected chi connectivity index (χ1v) is 8.34. The molecule has 6 N–H and O–H groups in total. The van der Waals surface area contributed by atoms with Gasteiger partial charge in [-0.25, -0.2) is 9.59 Å². The molecule has 0 bridgehead atoms. The molecule has 0 saturated heterocycles. The average Bonchev–Trinajstić information content (AvgIpc) is 3.08. The highest BCUT2D eigenvalue weighted by Crippen LogP contribution is 2.29. The number of nitrogens with two attached hydrogens (primary N) is 1. The van der Waals surface area contributed by atoms with Gasteiger partial charge in [-0.05, 0) is 42.3 Å². The van der Waals surface area contributed by atoms with Crippen LogP contribution >= 0.6 is 0 Å². The van der Waals surface area contributed by atoms with Gasteiger partial charge in [0.05, 0.1) is 5.56 Å². The Labute approximate surface area is 160 Å². The van der Waals surface area contributed by atoms with Gasteiger partial charge in [0.2, 0.25) is 0 Å². The number of carbonyl (C=O) groups is 3. The lowest BCUT2D eigenvalue weighted by Gasteiger charge is -2.09. The van der Waals surface area contributed by atoms with Gasteiger partial charge >= 0.3 is 12.0 Å². The Morgan fingerprint density at radius 3 is 2.29 bits per heavy atom. The van der Waals surface area contributed by atoms with E-state index in [1.807, 2.05) is 25.1 Å². The lowest BCUT2D eigenvalue weighted by Crippen LogP contribution is -2.19. The minimum Gasteiger partial charge on any atom is -0.478 e. The highest BCUT2D eigenvalue weighted by molar-refractivity contribution is 6.06. The van der Waals surface area contributed by atoms with Crippen molar-refractivity contribution in [2.24, 2.45) is 5.73 Å². The molecule has 8 heteroatoms. The number of carbonyl (C=O) groups excluding carboxylic acids is 2. The van der Waals surface area contributed by atoms with Crippen molar-refractivity contribution in [3.05, 3.63) is 71.5 Å². The van der Waals surface area contributed by atoms with Gasteiger partial charge in [-0.3, -0.25) is 4.79 Å². The number of aromatic carboxylic acids is 1. The smallest absolute Gasteiger partial charge is 0.337 e. The quantitative estimate of drug-likeness (QED) is 0.464. The van der Waals surface area contributed by atoms with E-state index in [9.17, 15) is 19.5 Å². The number of hydrogen-bond donors (Lipinski definition) is 5. The molecule has 0 saturated carbocycles. The predicted molar refractivity (Wildman–Crippen MR) is 106 cm³/mol. The summed E-state index contributed by atoms with van der Waals surface area (Å²) in [4.78, 5) is 37.7. The summed E-state index contributed by atoms with van der Waals surface area (Å²) in [7, 11) is 0. The van der Waals surface area contributed by atoms with Crippen LogP contribution in [-0.4, -0.2) is 28.0 Å². The molecule has 142 valence electrons. The first-order valence-electron chi connectivity index (χ1n) is 8.34. The number of primary amides is 1. The zero-order chi connectivity index (χ0) is 20.3. The first kappa shape index (κ1) is 18.7. The van der Waals surface area contributed by atoms with E-state index in [1.54, 1.807) is 30.3 Å². The summed E-state index contributed by atoms with van der Waals surface area (Å²) < 4.78 is 0. The molecule has 3 amide bonds. The number of hydrogen-bond acceptors (Lipinski definition) is 3. The molecular formula is C20H18N4O4. The fourth-order valence-electron chi connectivity index (χ4n) is 2.82. The number of aryl methyl sites for hydroxylation is 1. The van der Waals surface area contributed by atoms with E-state index in [1.165, 1.54) is 6.20 Å². The fourth-order valence-corrected chi connectivity index (χ4v) is 2.82. The van der Waals surface area contributed by atoms with Crippen LogP contribution in [0.15, 0.2) is 54.7 Å². The Morgan fingerprint density at radius 1 is 1.00 bits per heavy atom. The summed E-state index contributed by atoms with van der Waals surface area (Å²) in [6.07, 6.45) is 1.22. The summed E-state index contributed by atoms with van der Waals surface area (Å²) >= 11 is 0. The van der Waals surface area contributed by atoms with Crippen LogP contribution < -0.4 is 16.4 Å². The van der Waals surface area contributed by atoms with Crippen LogP contribution in [-0.2, 0) is 0 Å². The van der Waals surface area contributed by atoms with Gasteiger partial charge < -0.3 is 26.5 Å². The Bertz CT molecular complexity index is 1020. The van der Waals surface area contributed by atoms with Crippen molar-refractivity contribution in [2.45, 2.75) is 6.92 Å². The number of aromatic amines is 1. The van der Waals surface area contributed by atoms with Crippen molar-refractivity contribution >= 4 is 29.3 Å². The Kier molecular flexibility index (Phi) is 5.12. The van der Waals surface area contributed by atoms with E-state index in [0.29, 0.717) is 16.9 Å². The molecule has 0 fully saturated rings. The molecule has 28 heavy (non-hydrogen) atoms. The number of carboxylic acids is 1. The van der Waals surface area contributed by atoms with E-state index in [-0.39, 0.29) is 16.8 Å². The number of aromatic nitrogens is 1. The van der Waals surface area contributed by atoms with Crippen molar-refractivity contribution in [1.29, 1.82) is 0 Å². The Balaban J connectivity index is 1.79. The monoisotopic (exact) mass is 378 g/mol. The van der Waals surface area contributed by atoms with E-state index in [4.69, 9.17) is 5.73 Å². The number of nitrogens with one attached hydrogen (secondary N) is 3. The molecule has 1 aromatic heterocycles. The summed E-state index contributed by atoms with van der Waals surface area (Å²) in [5.74, 6) is -1.94. The first-order chi connectivity index (χ1) is 13.3. The number of urea groups is 1. The minimum atomic E-state index is -1.18. The molecule has 2 aromatic carbocycles. The van der Waals surface area contributed by atoms with Crippen molar-refractivity contribution in [3.63, 3.8) is 0 Å². The molecule has 8 nitrogen and oxygen atoms in total. The summed E-state index contributed by atoms with van der Waals surface area (Å²) in [6.45, 7) is 1.93. The maximum atomic E-state index is 12.1. The van der Waals surface area contributed by atoms with Crippen molar-refractivity contribution in [3.8, 4) is 11.1 Å². The average molecular weight is 378 g/mol. The lowest BCUT2D eigenvalue weighted by atomic mass is 10.0. The molecular weight excluding hydrogens is 360 g/mol. The topological polar surface area (TPSA) is 137 Å². The molecule has 3 rings (SSSR count). The highest BCUT2D eigenvalue weighted by atomic mass is 16.4. The Morgan fingerprint density at radius 2 is 1.68 bits per heavy atom. The third-order valence-electron chi connectivity index (χ3n) is 4.06. The lowest BCUT2D eigenvalue weighted by molar-refractivity contribution is 0.0697. The molecule has 0 spiro atoms. The van der Waals surface area contributed by atoms with E-state index in [0.717, 1.165) is 5.56 Å². The van der Waals surface area contributed by atoms with Gasteiger partial charge in [0.15, 0.2) is 0 Å². The van der Waals surface area contributed by atoms with Gasteiger partial charge in [-0.15, -0.1) is 0 Å². The summed E-state index contributed by atoms with van der Waals surface area (Å²) in [5.41, 5.74) is 8.14. The molecule has 0 aliphatic carbocycles. The van der Waals surface area contributed by atoms with Crippen LogP contribution in [0.2, 0.25) is 0 Å². The molecule has 0 unspecified atom stereocenters. The van der Waals surface area contributed by atoms with Gasteiger partial charge in [0.25, 0.3) is 5.91 Å². The van der Waals surface area contributed by atoms with E-state index >= 15 is 0 Å². The molecule has 0 atom stereocenters. The number of rotatable bonds is 5. The SMILES string of the molecule is Cc1cccc(NC(=O)Nc2ccc(-c3c(C(=O)O)c[nH]c3C(N)=O)cc2)c1. The molecule has 0 aliphatic rings. The van der Waals surface area contributed by atoms with Crippen LogP contribution in [0.1, 0.15) is 26.4 Å². The maximum absolute atomic E-state index is 12.1. The van der Waals surface area contributed by atoms with Crippen LogP contribution in [0.4, 0.5) is 16.2 Å². The highest BCUT2D eigenvalue weighted by Gasteiger charge is 2.21. The van der Waals surface area contributed by atoms with E-state index < -0.39 is 17.9 Å². The summed E-state index contributed by atoms with van der Waals surface area (Å²) in [5, 5.41) is 14.7. The van der Waals surface area contributed by atoms with Crippen LogP contribution in [0.25, 0.3) is 11.1 Å². The van der Waals surface area contributed by atoms with Crippen LogP contribution in [0, 0.1) is 6.92 Å². The second-order valence-corrected chi connectivity index (χ2v) is 6.15. The van der Waals surface area contributed by atoms with Gasteiger partial charge in [0, 0.05) is 23.1 Å². The van der Waals surface area contributed by atoms with Crippen molar-refractivity contribution in [2.75, 3.05) is 10.6 Å². The van der Waals surface area contributed by atoms with E-state index in [2.05, 4.69) is 15.6 Å². The molecule has 3 aromatic rings. The number of benzene rings is 2. The van der Waals surface area contributed by atoms with Gasteiger partial charge in [-0.1, -0.05) is 24.3 Å². The molecule has 0 radical (unpaired) electrons. The summed E-state index contributed by atoms with van der Waals surface area (Å²) in [6, 6.07) is 13.4. The number of carboxylic acid groups (broad SMARTS) is 1. The van der Waals surface area contributed by atoms with Gasteiger partial charge in [-0.2, -0.15) is 0 Å². The van der Waals surface area contributed by atoms with Crippen LogP contribution in [0.3, 0.4) is 0 Å². The largest absolute Gasteiger partial charge is 0.478 e. The fraction of sp³-hybridized carbons (Fsp3) is 0.0500. The van der Waals surface area contributed by atoms with Crippen molar-refractivity contribution < 1.29 is 19.5 Å². The molecule has 0 aliphatic heterocycles. The normalized spacial score (nSPS) is 10.3. The Hall–Kier alpha value is -4.07.